The van der Waals surface area contributed by atoms with Gasteiger partial charge in [-0.15, -0.1) is 12.4 Å². The predicted molar refractivity (Wildman–Crippen MR) is 74.7 cm³/mol. The number of rotatable bonds is 1. The number of amides is 1. The zero-order chi connectivity index (χ0) is 11.9. The molecule has 3 fully saturated rings. The number of carbonyl (C=O) groups is 1. The molecule has 3 aliphatic rings. The first-order valence-electron chi connectivity index (χ1n) is 7.22. The van der Waals surface area contributed by atoms with E-state index in [1.54, 1.807) is 0 Å². The highest BCUT2D eigenvalue weighted by molar-refractivity contribution is 5.89. The Kier molecular flexibility index (Phi) is 3.93. The largest absolute Gasteiger partial charge is 0.341 e. The molecule has 0 aromatic rings. The standard InChI is InChI=1S/C14H24N2O.ClH/c15-14(8-9-14)12(17)16-10-4-7-13(11-16)5-2-1-3-6-13;/h1-11,15H2;1H. The van der Waals surface area contributed by atoms with Crippen molar-refractivity contribution in [3.8, 4) is 0 Å². The molecule has 0 unspecified atom stereocenters. The molecule has 4 heteroatoms. The summed E-state index contributed by atoms with van der Waals surface area (Å²) >= 11 is 0. The maximum Gasteiger partial charge on any atom is 0.242 e. The van der Waals surface area contributed by atoms with Crippen LogP contribution in [0.2, 0.25) is 0 Å². The van der Waals surface area contributed by atoms with Crippen molar-refractivity contribution in [1.82, 2.24) is 4.90 Å². The Morgan fingerprint density at radius 3 is 2.17 bits per heavy atom. The lowest BCUT2D eigenvalue weighted by molar-refractivity contribution is -0.137. The van der Waals surface area contributed by atoms with Gasteiger partial charge in [0.2, 0.25) is 5.91 Å². The number of likely N-dealkylation sites (tertiary alicyclic amines) is 1. The first-order valence-corrected chi connectivity index (χ1v) is 7.22. The SMILES string of the molecule is Cl.NC1(C(=O)N2CCCC3(CCCCC3)C2)CC1. The molecule has 0 aromatic carbocycles. The number of nitrogens with two attached hydrogens (primary N) is 1. The van der Waals surface area contributed by atoms with E-state index < -0.39 is 5.54 Å². The summed E-state index contributed by atoms with van der Waals surface area (Å²) < 4.78 is 0. The Morgan fingerprint density at radius 2 is 1.56 bits per heavy atom. The molecule has 1 spiro atoms. The molecular formula is C14H25ClN2O. The van der Waals surface area contributed by atoms with E-state index in [0.717, 1.165) is 25.9 Å². The molecule has 18 heavy (non-hydrogen) atoms. The Morgan fingerprint density at radius 1 is 0.944 bits per heavy atom. The summed E-state index contributed by atoms with van der Waals surface area (Å²) in [7, 11) is 0. The number of piperidine rings is 1. The van der Waals surface area contributed by atoms with Crippen LogP contribution in [0.5, 0.6) is 0 Å². The molecule has 3 rings (SSSR count). The molecule has 1 amide bonds. The van der Waals surface area contributed by atoms with Crippen molar-refractivity contribution in [2.75, 3.05) is 13.1 Å². The van der Waals surface area contributed by atoms with Crippen molar-refractivity contribution in [2.45, 2.75) is 63.3 Å². The minimum atomic E-state index is -0.465. The van der Waals surface area contributed by atoms with E-state index in [-0.39, 0.29) is 18.3 Å². The topological polar surface area (TPSA) is 46.3 Å². The number of carbonyl (C=O) groups excluding carboxylic acids is 1. The van der Waals surface area contributed by atoms with Crippen molar-refractivity contribution in [1.29, 1.82) is 0 Å². The summed E-state index contributed by atoms with van der Waals surface area (Å²) in [4.78, 5) is 14.4. The Bertz CT molecular complexity index is 316. The number of hydrogen-bond donors (Lipinski definition) is 1. The van der Waals surface area contributed by atoms with Crippen LogP contribution >= 0.6 is 12.4 Å². The van der Waals surface area contributed by atoms with Crippen LogP contribution in [-0.2, 0) is 4.79 Å². The summed E-state index contributed by atoms with van der Waals surface area (Å²) in [6, 6.07) is 0. The summed E-state index contributed by atoms with van der Waals surface area (Å²) in [5.41, 5.74) is 6.04. The fourth-order valence-electron chi connectivity index (χ4n) is 3.75. The molecule has 2 saturated carbocycles. The van der Waals surface area contributed by atoms with Gasteiger partial charge in [0.05, 0.1) is 5.54 Å². The van der Waals surface area contributed by atoms with Gasteiger partial charge >= 0.3 is 0 Å². The lowest BCUT2D eigenvalue weighted by atomic mass is 9.69. The van der Waals surface area contributed by atoms with Gasteiger partial charge < -0.3 is 10.6 Å². The van der Waals surface area contributed by atoms with E-state index in [1.807, 2.05) is 0 Å². The first-order chi connectivity index (χ1) is 8.14. The maximum atomic E-state index is 12.3. The van der Waals surface area contributed by atoms with Crippen LogP contribution in [0.25, 0.3) is 0 Å². The van der Waals surface area contributed by atoms with Gasteiger partial charge in [-0.25, -0.2) is 0 Å². The second-order valence-corrected chi connectivity index (χ2v) is 6.55. The van der Waals surface area contributed by atoms with Gasteiger partial charge in [0.25, 0.3) is 0 Å². The highest BCUT2D eigenvalue weighted by Crippen LogP contribution is 2.44. The zero-order valence-electron chi connectivity index (χ0n) is 11.1. The third-order valence-electron chi connectivity index (χ3n) is 5.08. The third kappa shape index (κ3) is 2.53. The molecule has 0 radical (unpaired) electrons. The van der Waals surface area contributed by atoms with Crippen LogP contribution in [0, 0.1) is 5.41 Å². The summed E-state index contributed by atoms with van der Waals surface area (Å²) in [6.07, 6.45) is 11.1. The number of halogens is 1. The second kappa shape index (κ2) is 5.01. The fraction of sp³-hybridized carbons (Fsp3) is 0.929. The van der Waals surface area contributed by atoms with Crippen LogP contribution in [0.3, 0.4) is 0 Å². The molecule has 1 aliphatic heterocycles. The Balaban J connectivity index is 0.00000120. The summed E-state index contributed by atoms with van der Waals surface area (Å²) in [5, 5.41) is 0. The second-order valence-electron chi connectivity index (χ2n) is 6.55. The maximum absolute atomic E-state index is 12.3. The van der Waals surface area contributed by atoms with Gasteiger partial charge in [0, 0.05) is 13.1 Å². The molecule has 2 N–H and O–H groups in total. The molecular weight excluding hydrogens is 248 g/mol. The fourth-order valence-corrected chi connectivity index (χ4v) is 3.75. The smallest absolute Gasteiger partial charge is 0.242 e. The van der Waals surface area contributed by atoms with E-state index >= 15 is 0 Å². The highest BCUT2D eigenvalue weighted by Gasteiger charge is 2.50. The normalized spacial score (nSPS) is 28.6. The number of hydrogen-bond acceptors (Lipinski definition) is 2. The summed E-state index contributed by atoms with van der Waals surface area (Å²) in [5.74, 6) is 0.238. The summed E-state index contributed by atoms with van der Waals surface area (Å²) in [6.45, 7) is 1.93. The Hall–Kier alpha value is -0.280. The van der Waals surface area contributed by atoms with Gasteiger partial charge in [-0.3, -0.25) is 4.79 Å². The van der Waals surface area contributed by atoms with Crippen LogP contribution in [0.15, 0.2) is 0 Å². The van der Waals surface area contributed by atoms with E-state index in [2.05, 4.69) is 4.90 Å². The van der Waals surface area contributed by atoms with Gasteiger partial charge in [-0.2, -0.15) is 0 Å². The van der Waals surface area contributed by atoms with Gasteiger partial charge in [-0.1, -0.05) is 19.3 Å². The number of nitrogens with zero attached hydrogens (tertiary/aromatic N) is 1. The first kappa shape index (κ1) is 14.1. The quantitative estimate of drug-likeness (QED) is 0.797. The van der Waals surface area contributed by atoms with E-state index in [1.165, 1.54) is 44.9 Å². The van der Waals surface area contributed by atoms with Crippen molar-refractivity contribution >= 4 is 18.3 Å². The molecule has 0 bridgehead atoms. The minimum Gasteiger partial charge on any atom is -0.341 e. The van der Waals surface area contributed by atoms with E-state index in [0.29, 0.717) is 5.41 Å². The van der Waals surface area contributed by atoms with Crippen molar-refractivity contribution in [2.24, 2.45) is 11.1 Å². The van der Waals surface area contributed by atoms with E-state index in [4.69, 9.17) is 5.73 Å². The van der Waals surface area contributed by atoms with Crippen LogP contribution in [-0.4, -0.2) is 29.4 Å². The lowest BCUT2D eigenvalue weighted by Crippen LogP contribution is -2.53. The van der Waals surface area contributed by atoms with Crippen LogP contribution in [0.4, 0.5) is 0 Å². The molecule has 1 heterocycles. The van der Waals surface area contributed by atoms with Gasteiger partial charge in [-0.05, 0) is 43.9 Å². The zero-order valence-corrected chi connectivity index (χ0v) is 11.9. The molecule has 1 saturated heterocycles. The van der Waals surface area contributed by atoms with Crippen molar-refractivity contribution < 1.29 is 4.79 Å². The highest BCUT2D eigenvalue weighted by atomic mass is 35.5. The van der Waals surface area contributed by atoms with Crippen LogP contribution < -0.4 is 5.73 Å². The lowest BCUT2D eigenvalue weighted by Gasteiger charge is -2.46. The molecule has 104 valence electrons. The molecule has 0 aromatic heterocycles. The van der Waals surface area contributed by atoms with Crippen molar-refractivity contribution in [3.63, 3.8) is 0 Å². The Labute approximate surface area is 116 Å². The average Bonchev–Trinajstić information content (AvgIpc) is 3.09. The molecule has 2 aliphatic carbocycles. The van der Waals surface area contributed by atoms with E-state index in [9.17, 15) is 4.79 Å². The van der Waals surface area contributed by atoms with Gasteiger partial charge in [0.1, 0.15) is 0 Å². The van der Waals surface area contributed by atoms with Crippen LogP contribution in [0.1, 0.15) is 57.8 Å². The third-order valence-corrected chi connectivity index (χ3v) is 5.08. The molecule has 3 nitrogen and oxygen atoms in total. The monoisotopic (exact) mass is 272 g/mol. The van der Waals surface area contributed by atoms with Gasteiger partial charge in [0.15, 0.2) is 0 Å². The average molecular weight is 273 g/mol. The minimum absolute atomic E-state index is 0. The predicted octanol–water partition coefficient (Wildman–Crippen LogP) is 2.47. The molecule has 0 atom stereocenters. The van der Waals surface area contributed by atoms with Crippen molar-refractivity contribution in [3.05, 3.63) is 0 Å².